The third-order valence-corrected chi connectivity index (χ3v) is 4.36. The van der Waals surface area contributed by atoms with E-state index in [2.05, 4.69) is 26.1 Å². The first-order valence-corrected chi connectivity index (χ1v) is 6.91. The van der Waals surface area contributed by atoms with E-state index in [9.17, 15) is 0 Å². The maximum absolute atomic E-state index is 6.04. The number of fused-ring (bicyclic) bond motifs is 1. The fraction of sp³-hybridized carbons (Fsp3) is 0. The highest BCUT2D eigenvalue weighted by Crippen LogP contribution is 2.35. The van der Waals surface area contributed by atoms with E-state index in [1.54, 1.807) is 11.3 Å². The molecule has 84 valence electrons. The molecule has 0 atom stereocenters. The van der Waals surface area contributed by atoms with Gasteiger partial charge in [0.2, 0.25) is 0 Å². The highest BCUT2D eigenvalue weighted by molar-refractivity contribution is 9.11. The Morgan fingerprint density at radius 3 is 2.47 bits per heavy atom. The van der Waals surface area contributed by atoms with Crippen LogP contribution in [0.1, 0.15) is 0 Å². The topological polar surface area (TPSA) is 25.8 Å². The fourth-order valence-electron chi connectivity index (χ4n) is 1.69. The highest BCUT2D eigenvalue weighted by Gasteiger charge is 2.10. The van der Waals surface area contributed by atoms with Crippen molar-refractivity contribution < 1.29 is 0 Å². The van der Waals surface area contributed by atoms with Crippen molar-refractivity contribution in [2.45, 2.75) is 0 Å². The predicted octanol–water partition coefficient (Wildman–Crippen LogP) is 4.77. The molecule has 2 aromatic heterocycles. The molecule has 0 saturated heterocycles. The van der Waals surface area contributed by atoms with Crippen LogP contribution in [0.5, 0.6) is 0 Å². The largest absolute Gasteiger partial charge is 0.159 e. The quantitative estimate of drug-likeness (QED) is 0.644. The van der Waals surface area contributed by atoms with Crippen molar-refractivity contribution in [2.24, 2.45) is 0 Å². The standard InChI is InChI=1S/C12H6BrClN2S/c13-10-6-5-9(17-10)11-7-3-1-2-4-8(7)12(14)16-15-11/h1-6H. The monoisotopic (exact) mass is 324 g/mol. The minimum atomic E-state index is 0.444. The van der Waals surface area contributed by atoms with Gasteiger partial charge in [0, 0.05) is 10.8 Å². The second-order valence-electron chi connectivity index (χ2n) is 3.49. The number of thiophene rings is 1. The third-order valence-electron chi connectivity index (χ3n) is 2.45. The van der Waals surface area contributed by atoms with Gasteiger partial charge < -0.3 is 0 Å². The Bertz CT molecular complexity index is 696. The Morgan fingerprint density at radius 2 is 1.76 bits per heavy atom. The van der Waals surface area contributed by atoms with Crippen LogP contribution in [-0.2, 0) is 0 Å². The molecule has 0 aliphatic rings. The number of benzene rings is 1. The van der Waals surface area contributed by atoms with Gasteiger partial charge in [-0.2, -0.15) is 0 Å². The lowest BCUT2D eigenvalue weighted by Crippen LogP contribution is -1.89. The van der Waals surface area contributed by atoms with Crippen LogP contribution in [0.15, 0.2) is 40.2 Å². The molecule has 5 heteroatoms. The SMILES string of the molecule is Clc1nnc(-c2ccc(Br)s2)c2ccccc12. The van der Waals surface area contributed by atoms with E-state index < -0.39 is 0 Å². The molecule has 1 aromatic carbocycles. The van der Waals surface area contributed by atoms with Gasteiger partial charge in [-0.05, 0) is 28.1 Å². The zero-order chi connectivity index (χ0) is 11.8. The molecule has 17 heavy (non-hydrogen) atoms. The van der Waals surface area contributed by atoms with E-state index in [0.29, 0.717) is 5.15 Å². The summed E-state index contributed by atoms with van der Waals surface area (Å²) in [6.07, 6.45) is 0. The average Bonchev–Trinajstić information content (AvgIpc) is 2.77. The normalized spacial score (nSPS) is 10.9. The minimum Gasteiger partial charge on any atom is -0.147 e. The lowest BCUT2D eigenvalue weighted by atomic mass is 10.1. The highest BCUT2D eigenvalue weighted by atomic mass is 79.9. The number of nitrogens with zero attached hydrogens (tertiary/aromatic N) is 2. The van der Waals surface area contributed by atoms with Crippen molar-refractivity contribution in [1.29, 1.82) is 0 Å². The van der Waals surface area contributed by atoms with Crippen LogP contribution in [0.3, 0.4) is 0 Å². The summed E-state index contributed by atoms with van der Waals surface area (Å²) in [6.45, 7) is 0. The van der Waals surface area contributed by atoms with Gasteiger partial charge in [-0.25, -0.2) is 0 Å². The van der Waals surface area contributed by atoms with Gasteiger partial charge in [-0.3, -0.25) is 0 Å². The van der Waals surface area contributed by atoms with Gasteiger partial charge in [0.15, 0.2) is 5.15 Å². The van der Waals surface area contributed by atoms with E-state index >= 15 is 0 Å². The van der Waals surface area contributed by atoms with Crippen molar-refractivity contribution >= 4 is 49.6 Å². The third kappa shape index (κ3) is 1.97. The van der Waals surface area contributed by atoms with Crippen LogP contribution < -0.4 is 0 Å². The Labute approximate surface area is 115 Å². The fourth-order valence-corrected chi connectivity index (χ4v) is 3.28. The average molecular weight is 326 g/mol. The number of aromatic nitrogens is 2. The lowest BCUT2D eigenvalue weighted by Gasteiger charge is -2.03. The molecule has 3 aromatic rings. The number of hydrogen-bond donors (Lipinski definition) is 0. The van der Waals surface area contributed by atoms with E-state index in [0.717, 1.165) is 25.1 Å². The van der Waals surface area contributed by atoms with Crippen molar-refractivity contribution in [3.63, 3.8) is 0 Å². The minimum absolute atomic E-state index is 0.444. The molecular weight excluding hydrogens is 320 g/mol. The molecule has 0 bridgehead atoms. The molecule has 0 saturated carbocycles. The molecule has 0 aliphatic heterocycles. The van der Waals surface area contributed by atoms with E-state index in [1.165, 1.54) is 0 Å². The van der Waals surface area contributed by atoms with Gasteiger partial charge in [-0.1, -0.05) is 35.9 Å². The van der Waals surface area contributed by atoms with Crippen molar-refractivity contribution in [1.82, 2.24) is 10.2 Å². The predicted molar refractivity (Wildman–Crippen MR) is 75.6 cm³/mol. The zero-order valence-electron chi connectivity index (χ0n) is 8.52. The first kappa shape index (κ1) is 11.1. The molecule has 0 amide bonds. The molecule has 0 radical (unpaired) electrons. The Hall–Kier alpha value is -0.970. The molecule has 2 nitrogen and oxygen atoms in total. The molecule has 0 unspecified atom stereocenters. The second kappa shape index (κ2) is 4.37. The Balaban J connectivity index is 2.34. The number of hydrogen-bond acceptors (Lipinski definition) is 3. The molecule has 0 spiro atoms. The van der Waals surface area contributed by atoms with Gasteiger partial charge in [0.05, 0.1) is 8.66 Å². The molecule has 0 aliphatic carbocycles. The van der Waals surface area contributed by atoms with Crippen molar-refractivity contribution in [3.05, 3.63) is 45.3 Å². The van der Waals surface area contributed by atoms with Gasteiger partial charge in [-0.15, -0.1) is 21.5 Å². The summed E-state index contributed by atoms with van der Waals surface area (Å²) in [5.74, 6) is 0. The summed E-state index contributed by atoms with van der Waals surface area (Å²) in [4.78, 5) is 1.08. The summed E-state index contributed by atoms with van der Waals surface area (Å²) in [5, 5.41) is 10.6. The number of rotatable bonds is 1. The van der Waals surface area contributed by atoms with Crippen LogP contribution in [0, 0.1) is 0 Å². The first-order chi connectivity index (χ1) is 8.25. The van der Waals surface area contributed by atoms with Crippen LogP contribution >= 0.6 is 38.9 Å². The zero-order valence-corrected chi connectivity index (χ0v) is 11.7. The summed E-state index contributed by atoms with van der Waals surface area (Å²) in [6, 6.07) is 11.9. The van der Waals surface area contributed by atoms with Gasteiger partial charge in [0.25, 0.3) is 0 Å². The Morgan fingerprint density at radius 1 is 1.00 bits per heavy atom. The molecule has 3 rings (SSSR count). The van der Waals surface area contributed by atoms with Crippen LogP contribution in [0.2, 0.25) is 5.15 Å². The summed E-state index contributed by atoms with van der Waals surface area (Å²) >= 11 is 11.1. The van der Waals surface area contributed by atoms with E-state index in [1.807, 2.05) is 36.4 Å². The van der Waals surface area contributed by atoms with E-state index in [4.69, 9.17) is 11.6 Å². The number of halogens is 2. The molecular formula is C12H6BrClN2S. The smallest absolute Gasteiger partial charge is 0.147 e. The molecule has 2 heterocycles. The molecule has 0 N–H and O–H groups in total. The van der Waals surface area contributed by atoms with Gasteiger partial charge >= 0.3 is 0 Å². The lowest BCUT2D eigenvalue weighted by molar-refractivity contribution is 1.06. The maximum Gasteiger partial charge on any atom is 0.159 e. The first-order valence-electron chi connectivity index (χ1n) is 4.92. The maximum atomic E-state index is 6.04. The summed E-state index contributed by atoms with van der Waals surface area (Å²) in [5.41, 5.74) is 0.876. The van der Waals surface area contributed by atoms with Crippen LogP contribution in [0.4, 0.5) is 0 Å². The van der Waals surface area contributed by atoms with Crippen LogP contribution in [-0.4, -0.2) is 10.2 Å². The Kier molecular flexibility index (Phi) is 2.86. The van der Waals surface area contributed by atoms with E-state index in [-0.39, 0.29) is 0 Å². The van der Waals surface area contributed by atoms with Crippen molar-refractivity contribution in [2.75, 3.05) is 0 Å². The summed E-state index contributed by atoms with van der Waals surface area (Å²) < 4.78 is 1.08. The van der Waals surface area contributed by atoms with Crippen molar-refractivity contribution in [3.8, 4) is 10.6 Å². The van der Waals surface area contributed by atoms with Crippen LogP contribution in [0.25, 0.3) is 21.3 Å². The van der Waals surface area contributed by atoms with Gasteiger partial charge in [0.1, 0.15) is 5.69 Å². The second-order valence-corrected chi connectivity index (χ2v) is 6.31. The summed E-state index contributed by atoms with van der Waals surface area (Å²) in [7, 11) is 0. The molecule has 0 fully saturated rings.